The molecule has 0 fully saturated rings. The Morgan fingerprint density at radius 1 is 0.370 bits per heavy atom. The van der Waals surface area contributed by atoms with Crippen molar-refractivity contribution < 1.29 is 0 Å². The summed E-state index contributed by atoms with van der Waals surface area (Å²) in [6.45, 7) is 0. The van der Waals surface area contributed by atoms with Crippen molar-refractivity contribution in [3.05, 3.63) is 109 Å². The normalized spacial score (nSPS) is 11.0. The topological polar surface area (TPSA) is 269 Å². The molecule has 0 aromatic carbocycles. The number of rotatable bonds is 0. The molecule has 2 N–H and O–H groups in total. The Morgan fingerprint density at radius 3 is 0.926 bits per heavy atom. The predicted octanol–water partition coefficient (Wildman–Crippen LogP) is -4.14. The van der Waals surface area contributed by atoms with Crippen molar-refractivity contribution in [2.45, 2.75) is 0 Å². The first-order chi connectivity index (χ1) is 25.3. The van der Waals surface area contributed by atoms with Gasteiger partial charge in [0.25, 0.3) is 22.2 Å². The Morgan fingerprint density at radius 2 is 0.630 bits per heavy atom. The second kappa shape index (κ2) is 14.0. The van der Waals surface area contributed by atoms with Crippen molar-refractivity contribution in [3.8, 4) is 0 Å². The molecule has 0 aliphatic carbocycles. The maximum Gasteiger partial charge on any atom is 0.332 e. The summed E-state index contributed by atoms with van der Waals surface area (Å²) >= 11 is 0. The van der Waals surface area contributed by atoms with Crippen molar-refractivity contribution in [3.63, 3.8) is 0 Å². The van der Waals surface area contributed by atoms with E-state index in [-0.39, 0.29) is 22.5 Å². The number of hydrogen-bond acceptors (Lipinski definition) is 12. The average molecular weight is 749 g/mol. The highest BCUT2D eigenvalue weighted by molar-refractivity contribution is 5.71. The average Bonchev–Trinajstić information content (AvgIpc) is 3.92. The number of hydrogen-bond donors (Lipinski definition) is 2. The fraction of sp³-hybridized carbons (Fsp3) is 0.333. The van der Waals surface area contributed by atoms with Gasteiger partial charge in [-0.05, 0) is 0 Å². The number of imidazole rings is 4. The number of aryl methyl sites for hydroxylation is 8. The highest BCUT2D eigenvalue weighted by Crippen LogP contribution is 2.04. The molecule has 8 rings (SSSR count). The zero-order valence-electron chi connectivity index (χ0n) is 30.8. The summed E-state index contributed by atoms with van der Waals surface area (Å²) in [5.74, 6) is 0. The minimum atomic E-state index is -0.448. The number of fused-ring (bicyclic) bond motifs is 4. The van der Waals surface area contributed by atoms with Crippen LogP contribution in [0.1, 0.15) is 0 Å². The number of nitrogens with zero attached hydrogens (tertiary/aromatic N) is 14. The zero-order valence-corrected chi connectivity index (χ0v) is 30.8. The fourth-order valence-electron chi connectivity index (χ4n) is 5.47. The van der Waals surface area contributed by atoms with E-state index in [1.165, 1.54) is 57.7 Å². The van der Waals surface area contributed by atoms with E-state index < -0.39 is 22.5 Å². The Bertz CT molecular complexity index is 3040. The van der Waals surface area contributed by atoms with Crippen molar-refractivity contribution in [1.82, 2.24) is 75.6 Å². The van der Waals surface area contributed by atoms with Crippen LogP contribution in [-0.2, 0) is 70.5 Å². The summed E-state index contributed by atoms with van der Waals surface area (Å²) in [4.78, 5) is 111. The van der Waals surface area contributed by atoms with Crippen LogP contribution in [0.15, 0.2) is 63.7 Å². The molecule has 0 spiro atoms. The van der Waals surface area contributed by atoms with Crippen LogP contribution >= 0.6 is 0 Å². The summed E-state index contributed by atoms with van der Waals surface area (Å²) in [6, 6.07) is 0. The molecular weight excluding hydrogens is 712 g/mol. The van der Waals surface area contributed by atoms with Crippen LogP contribution in [0.25, 0.3) is 44.7 Å². The van der Waals surface area contributed by atoms with Gasteiger partial charge in [0.2, 0.25) is 0 Å². The van der Waals surface area contributed by atoms with E-state index in [4.69, 9.17) is 0 Å². The van der Waals surface area contributed by atoms with E-state index in [9.17, 15) is 38.4 Å². The first-order valence-corrected chi connectivity index (χ1v) is 15.6. The van der Waals surface area contributed by atoms with E-state index in [0.29, 0.717) is 44.7 Å². The van der Waals surface area contributed by atoms with E-state index >= 15 is 0 Å². The van der Waals surface area contributed by atoms with Crippen LogP contribution in [0.4, 0.5) is 0 Å². The van der Waals surface area contributed by atoms with Gasteiger partial charge in [-0.15, -0.1) is 0 Å². The zero-order chi connectivity index (χ0) is 40.1. The molecule has 0 aliphatic rings. The molecule has 284 valence electrons. The van der Waals surface area contributed by atoms with Gasteiger partial charge >= 0.3 is 22.8 Å². The molecule has 8 heterocycles. The van der Waals surface area contributed by atoms with Gasteiger partial charge in [0.1, 0.15) is 0 Å². The van der Waals surface area contributed by atoms with Crippen LogP contribution in [0.3, 0.4) is 0 Å². The maximum absolute atomic E-state index is 11.7. The van der Waals surface area contributed by atoms with Crippen LogP contribution in [0.5, 0.6) is 0 Å². The van der Waals surface area contributed by atoms with Gasteiger partial charge in [0.15, 0.2) is 44.7 Å². The molecule has 54 heavy (non-hydrogen) atoms. The lowest BCUT2D eigenvalue weighted by Crippen LogP contribution is -2.37. The minimum absolute atomic E-state index is 0.317. The van der Waals surface area contributed by atoms with Crippen molar-refractivity contribution in [2.75, 3.05) is 0 Å². The highest BCUT2D eigenvalue weighted by atomic mass is 16.2. The standard InChI is InChI=1S/2C8H10N4O2.2C7H8N4O2/c2*1-10-4-9-6-5(10)7(13)12(3)8(14)11(6)2;2*1-10-3-8-5-4(10)6(12)9-7(13)11(5)2/h2*4H,1-3H3;2*3H,1-2H3,(H,9,12,13). The summed E-state index contributed by atoms with van der Waals surface area (Å²) in [5, 5.41) is 0. The van der Waals surface area contributed by atoms with Gasteiger partial charge in [0.05, 0.1) is 25.3 Å². The second-order valence-electron chi connectivity index (χ2n) is 12.2. The molecule has 0 aliphatic heterocycles. The van der Waals surface area contributed by atoms with Gasteiger partial charge in [0, 0.05) is 70.5 Å². The summed E-state index contributed by atoms with van der Waals surface area (Å²) in [6.07, 6.45) is 6.04. The summed E-state index contributed by atoms with van der Waals surface area (Å²) in [7, 11) is 16.1. The molecule has 0 atom stereocenters. The smallest absolute Gasteiger partial charge is 0.328 e. The Balaban J connectivity index is 0.000000139. The molecule has 0 saturated carbocycles. The number of H-pyrrole nitrogens is 2. The van der Waals surface area contributed by atoms with Gasteiger partial charge in [-0.2, -0.15) is 0 Å². The van der Waals surface area contributed by atoms with Crippen LogP contribution < -0.4 is 45.0 Å². The third-order valence-electron chi connectivity index (χ3n) is 8.58. The lowest BCUT2D eigenvalue weighted by molar-refractivity contribution is 0.705. The van der Waals surface area contributed by atoms with E-state index in [0.717, 1.165) is 9.13 Å². The first kappa shape index (κ1) is 37.8. The molecule has 24 heteroatoms. The third kappa shape index (κ3) is 6.24. The molecule has 0 saturated heterocycles. The monoisotopic (exact) mass is 748 g/mol. The molecule has 8 aromatic heterocycles. The molecule has 0 radical (unpaired) electrons. The molecule has 0 amide bonds. The SMILES string of the molecule is Cn1c(=O)c2c(ncn2C)n(C)c1=O.Cn1c(=O)c2c(ncn2C)n(C)c1=O.Cn1cnc2c1c(=O)[nH]c(=O)n2C.Cn1cnc2c1c(=O)[nH]c(=O)n2C. The van der Waals surface area contributed by atoms with Gasteiger partial charge in [-0.25, -0.2) is 39.1 Å². The molecule has 24 nitrogen and oxygen atoms in total. The summed E-state index contributed by atoms with van der Waals surface area (Å²) < 4.78 is 13.8. The van der Waals surface area contributed by atoms with E-state index in [1.54, 1.807) is 74.6 Å². The number of aromatic nitrogens is 16. The third-order valence-corrected chi connectivity index (χ3v) is 8.58. The van der Waals surface area contributed by atoms with Crippen LogP contribution in [0, 0.1) is 0 Å². The highest BCUT2D eigenvalue weighted by Gasteiger charge is 2.13. The van der Waals surface area contributed by atoms with Gasteiger partial charge in [-0.3, -0.25) is 56.5 Å². The second-order valence-corrected chi connectivity index (χ2v) is 12.2. The van der Waals surface area contributed by atoms with Gasteiger partial charge < -0.3 is 18.3 Å². The largest absolute Gasteiger partial charge is 0.332 e. The molecule has 0 bridgehead atoms. The lowest BCUT2D eigenvalue weighted by Gasteiger charge is -2.02. The van der Waals surface area contributed by atoms with E-state index in [1.807, 2.05) is 0 Å². The maximum atomic E-state index is 11.7. The van der Waals surface area contributed by atoms with Crippen molar-refractivity contribution >= 4 is 44.7 Å². The number of nitrogens with one attached hydrogen (secondary N) is 2. The van der Waals surface area contributed by atoms with Crippen LogP contribution in [-0.4, -0.2) is 75.6 Å². The Kier molecular flexibility index (Phi) is 9.79. The van der Waals surface area contributed by atoms with E-state index in [2.05, 4.69) is 29.9 Å². The quantitative estimate of drug-likeness (QED) is 0.150. The molecule has 0 unspecified atom stereocenters. The Labute approximate surface area is 299 Å². The summed E-state index contributed by atoms with van der Waals surface area (Å²) in [5.41, 5.74) is 0.263. The molecular formula is C30H36N16O8. The van der Waals surface area contributed by atoms with Crippen molar-refractivity contribution in [1.29, 1.82) is 0 Å². The minimum Gasteiger partial charge on any atom is -0.328 e. The van der Waals surface area contributed by atoms with Crippen LogP contribution in [0.2, 0.25) is 0 Å². The lowest BCUT2D eigenvalue weighted by atomic mass is 10.5. The number of aromatic amines is 2. The fourth-order valence-corrected chi connectivity index (χ4v) is 5.47. The Hall–Kier alpha value is -7.40. The van der Waals surface area contributed by atoms with Gasteiger partial charge in [-0.1, -0.05) is 0 Å². The predicted molar refractivity (Wildman–Crippen MR) is 196 cm³/mol. The first-order valence-electron chi connectivity index (χ1n) is 15.6. The van der Waals surface area contributed by atoms with Crippen molar-refractivity contribution in [2.24, 2.45) is 70.5 Å². The molecule has 8 aromatic rings.